The number of likely N-dealkylation sites (tertiary alicyclic amines) is 1. The lowest BCUT2D eigenvalue weighted by Gasteiger charge is -2.44. The smallest absolute Gasteiger partial charge is 0.290 e. The number of aryl methyl sites for hydroxylation is 1. The van der Waals surface area contributed by atoms with Crippen molar-refractivity contribution in [3.8, 4) is 0 Å². The second-order valence-corrected chi connectivity index (χ2v) is 9.08. The summed E-state index contributed by atoms with van der Waals surface area (Å²) in [6, 6.07) is 0.236. The fraction of sp³-hybridized carbons (Fsp3) is 0.714. The van der Waals surface area contributed by atoms with E-state index in [2.05, 4.69) is 15.7 Å². The Balaban J connectivity index is 0.000000913. The van der Waals surface area contributed by atoms with Crippen molar-refractivity contribution in [2.75, 3.05) is 25.0 Å². The largest absolute Gasteiger partial charge is 0.483 e. The lowest BCUT2D eigenvalue weighted by Crippen LogP contribution is -2.57. The topological polar surface area (TPSA) is 157 Å². The fourth-order valence-electron chi connectivity index (χ4n) is 5.15. The first-order valence-electron chi connectivity index (χ1n) is 11.0. The molecular weight excluding hydrogens is 418 g/mol. The average Bonchev–Trinajstić information content (AvgIpc) is 3.29. The van der Waals surface area contributed by atoms with Gasteiger partial charge in [0.1, 0.15) is 0 Å². The third-order valence-corrected chi connectivity index (χ3v) is 6.95. The molecule has 0 unspecified atom stereocenters. The molecule has 5 N–H and O–H groups in total. The van der Waals surface area contributed by atoms with E-state index < -0.39 is 12.2 Å². The Kier molecular flexibility index (Phi) is 7.86. The van der Waals surface area contributed by atoms with Crippen molar-refractivity contribution < 1.29 is 29.7 Å². The Bertz CT molecular complexity index is 812. The van der Waals surface area contributed by atoms with Crippen molar-refractivity contribution in [1.82, 2.24) is 20.0 Å². The third-order valence-electron chi connectivity index (χ3n) is 6.95. The molecule has 0 aromatic carbocycles. The van der Waals surface area contributed by atoms with Gasteiger partial charge in [0, 0.05) is 44.2 Å². The zero-order valence-electron chi connectivity index (χ0n) is 18.4. The van der Waals surface area contributed by atoms with Gasteiger partial charge in [-0.1, -0.05) is 6.92 Å². The van der Waals surface area contributed by atoms with Crippen LogP contribution in [0.3, 0.4) is 0 Å². The Labute approximate surface area is 186 Å². The van der Waals surface area contributed by atoms with Crippen LogP contribution in [0.4, 0.5) is 5.69 Å². The molecule has 2 amide bonds. The van der Waals surface area contributed by atoms with E-state index in [4.69, 9.17) is 9.90 Å². The fourth-order valence-corrected chi connectivity index (χ4v) is 5.15. The van der Waals surface area contributed by atoms with Crippen LogP contribution in [0.5, 0.6) is 0 Å². The Hall–Kier alpha value is -2.50. The first kappa shape index (κ1) is 24.1. The number of nitrogens with zero attached hydrogens (tertiary/aromatic N) is 3. The number of fused-ring (bicyclic) bond motifs is 1. The van der Waals surface area contributed by atoms with E-state index in [0.29, 0.717) is 18.8 Å². The number of aromatic nitrogens is 2. The highest BCUT2D eigenvalue weighted by Crippen LogP contribution is 2.43. The van der Waals surface area contributed by atoms with Crippen LogP contribution in [0.1, 0.15) is 26.2 Å². The Morgan fingerprint density at radius 3 is 2.44 bits per heavy atom. The maximum Gasteiger partial charge on any atom is 0.290 e. The van der Waals surface area contributed by atoms with E-state index in [1.54, 1.807) is 24.1 Å². The molecule has 6 atom stereocenters. The van der Waals surface area contributed by atoms with Crippen LogP contribution in [0.2, 0.25) is 0 Å². The summed E-state index contributed by atoms with van der Waals surface area (Å²) in [6.45, 7) is 2.81. The summed E-state index contributed by atoms with van der Waals surface area (Å²) < 4.78 is 1.62. The minimum absolute atomic E-state index is 0.0233. The standard InChI is InChI=1S/C20H31N5O4.CH2O2/c1-11-17(20(29)23-12-4-3-5-12)14-8-25(9-15(14)19(28)18(11)27)10-16(26)22-13-6-21-24(2)7-13;2-1-3/h6-7,11-12,14-15,17-19,27-28H,3-5,8-10H2,1-2H3,(H,22,26)(H,23,29);1H,(H,2,3)/t11-,14+,15+,17+,18+,19+;/m1./s1. The first-order chi connectivity index (χ1) is 15.2. The number of hydrogen-bond donors (Lipinski definition) is 5. The minimum atomic E-state index is -0.933. The molecule has 1 aromatic heterocycles. The monoisotopic (exact) mass is 451 g/mol. The maximum absolute atomic E-state index is 13.0. The molecule has 0 radical (unpaired) electrons. The van der Waals surface area contributed by atoms with Gasteiger partial charge in [-0.2, -0.15) is 5.10 Å². The van der Waals surface area contributed by atoms with Crippen molar-refractivity contribution in [3.05, 3.63) is 12.4 Å². The number of hydrogen-bond acceptors (Lipinski definition) is 7. The van der Waals surface area contributed by atoms with Crippen molar-refractivity contribution in [2.45, 2.75) is 44.4 Å². The number of carbonyl (C=O) groups is 3. The molecule has 4 rings (SSSR count). The minimum Gasteiger partial charge on any atom is -0.483 e. The van der Waals surface area contributed by atoms with Crippen molar-refractivity contribution in [2.24, 2.45) is 30.7 Å². The number of nitrogens with one attached hydrogen (secondary N) is 2. The van der Waals surface area contributed by atoms with Crippen LogP contribution in [0.15, 0.2) is 12.4 Å². The quantitative estimate of drug-likeness (QED) is 0.367. The molecule has 3 aliphatic rings. The van der Waals surface area contributed by atoms with Gasteiger partial charge in [-0.15, -0.1) is 0 Å². The normalized spacial score (nSPS) is 32.1. The van der Waals surface area contributed by atoms with E-state index in [1.807, 2.05) is 11.8 Å². The summed E-state index contributed by atoms with van der Waals surface area (Å²) in [5.41, 5.74) is 0.635. The van der Waals surface area contributed by atoms with Gasteiger partial charge in [-0.25, -0.2) is 0 Å². The molecule has 1 aromatic rings. The van der Waals surface area contributed by atoms with Crippen LogP contribution in [0.25, 0.3) is 0 Å². The lowest BCUT2D eigenvalue weighted by molar-refractivity contribution is -0.147. The summed E-state index contributed by atoms with van der Waals surface area (Å²) in [5, 5.41) is 38.0. The van der Waals surface area contributed by atoms with Gasteiger partial charge in [-0.05, 0) is 31.1 Å². The molecule has 11 nitrogen and oxygen atoms in total. The molecule has 0 spiro atoms. The highest BCUT2D eigenvalue weighted by atomic mass is 16.3. The molecule has 2 aliphatic carbocycles. The van der Waals surface area contributed by atoms with Crippen LogP contribution in [-0.2, 0) is 21.4 Å². The van der Waals surface area contributed by atoms with E-state index in [1.165, 1.54) is 0 Å². The summed E-state index contributed by atoms with van der Waals surface area (Å²) >= 11 is 0. The first-order valence-corrected chi connectivity index (χ1v) is 11.0. The van der Waals surface area contributed by atoms with E-state index in [0.717, 1.165) is 19.3 Å². The summed E-state index contributed by atoms with van der Waals surface area (Å²) in [6.07, 6.45) is 4.65. The van der Waals surface area contributed by atoms with Crippen molar-refractivity contribution in [3.63, 3.8) is 0 Å². The molecule has 32 heavy (non-hydrogen) atoms. The Morgan fingerprint density at radius 1 is 1.22 bits per heavy atom. The lowest BCUT2D eigenvalue weighted by atomic mass is 9.65. The molecule has 3 fully saturated rings. The highest BCUT2D eigenvalue weighted by Gasteiger charge is 2.54. The van der Waals surface area contributed by atoms with E-state index in [9.17, 15) is 19.8 Å². The number of aliphatic hydroxyl groups is 2. The number of carbonyl (C=O) groups excluding carboxylic acids is 2. The van der Waals surface area contributed by atoms with Crippen LogP contribution < -0.4 is 10.6 Å². The predicted octanol–water partition coefficient (Wildman–Crippen LogP) is -0.736. The molecule has 2 saturated carbocycles. The van der Waals surface area contributed by atoms with Crippen molar-refractivity contribution in [1.29, 1.82) is 0 Å². The van der Waals surface area contributed by atoms with Gasteiger partial charge in [0.25, 0.3) is 6.47 Å². The number of rotatable bonds is 5. The van der Waals surface area contributed by atoms with Gasteiger partial charge >= 0.3 is 0 Å². The van der Waals surface area contributed by atoms with Gasteiger partial charge in [0.05, 0.1) is 30.6 Å². The molecular formula is C21H33N5O6. The molecule has 11 heteroatoms. The summed E-state index contributed by atoms with van der Waals surface area (Å²) in [5.74, 6) is -1.15. The third kappa shape index (κ3) is 5.28. The van der Waals surface area contributed by atoms with Gasteiger partial charge in [0.2, 0.25) is 11.8 Å². The zero-order valence-corrected chi connectivity index (χ0v) is 18.4. The van der Waals surface area contributed by atoms with Crippen molar-refractivity contribution >= 4 is 24.0 Å². The highest BCUT2D eigenvalue weighted by molar-refractivity contribution is 5.92. The average molecular weight is 452 g/mol. The van der Waals surface area contributed by atoms with Gasteiger partial charge < -0.3 is 26.0 Å². The number of anilines is 1. The molecule has 0 bridgehead atoms. The molecule has 1 aliphatic heterocycles. The molecule has 178 valence electrons. The number of amides is 2. The van der Waals surface area contributed by atoms with E-state index in [-0.39, 0.29) is 54.5 Å². The summed E-state index contributed by atoms with van der Waals surface area (Å²) in [7, 11) is 1.78. The SMILES string of the molecule is C[C@H]1[C@H](O)[C@@H](O)[C@H]2CN(CC(=O)Nc3cnn(C)c3)C[C@@H]2[C@H]1C(=O)NC1CCC1.O=CO. The number of carboxylic acid groups (broad SMARTS) is 1. The molecule has 2 heterocycles. The van der Waals surface area contributed by atoms with Gasteiger partial charge in [0.15, 0.2) is 0 Å². The molecule has 1 saturated heterocycles. The second kappa shape index (κ2) is 10.4. The predicted molar refractivity (Wildman–Crippen MR) is 114 cm³/mol. The number of aliphatic hydroxyl groups excluding tert-OH is 2. The second-order valence-electron chi connectivity index (χ2n) is 9.08. The van der Waals surface area contributed by atoms with Gasteiger partial charge in [-0.3, -0.25) is 24.0 Å². The van der Waals surface area contributed by atoms with Crippen LogP contribution >= 0.6 is 0 Å². The van der Waals surface area contributed by atoms with Crippen LogP contribution in [-0.4, -0.2) is 86.2 Å². The summed E-state index contributed by atoms with van der Waals surface area (Å²) in [4.78, 5) is 35.7. The van der Waals surface area contributed by atoms with E-state index >= 15 is 0 Å². The maximum atomic E-state index is 13.0. The Morgan fingerprint density at radius 2 is 1.88 bits per heavy atom. The van der Waals surface area contributed by atoms with Crippen LogP contribution in [0, 0.1) is 23.7 Å². The zero-order chi connectivity index (χ0) is 23.4.